The van der Waals surface area contributed by atoms with E-state index in [0.717, 1.165) is 28.0 Å². The fraction of sp³-hybridized carbons (Fsp3) is 0.400. The van der Waals surface area contributed by atoms with Gasteiger partial charge in [0.05, 0.1) is 19.4 Å². The third-order valence-corrected chi connectivity index (χ3v) is 4.87. The SMILES string of the molecule is CCOC(=O)CCCSc1nnc(Nc2ccccc2OC)s1. The number of thioether (sulfide) groups is 1. The van der Waals surface area contributed by atoms with Gasteiger partial charge in [-0.15, -0.1) is 10.2 Å². The summed E-state index contributed by atoms with van der Waals surface area (Å²) in [6, 6.07) is 7.65. The van der Waals surface area contributed by atoms with Gasteiger partial charge in [0, 0.05) is 12.2 Å². The number of hydrogen-bond donors (Lipinski definition) is 1. The Labute approximate surface area is 143 Å². The van der Waals surface area contributed by atoms with Crippen molar-refractivity contribution in [2.75, 3.05) is 24.8 Å². The van der Waals surface area contributed by atoms with Crippen LogP contribution < -0.4 is 10.1 Å². The summed E-state index contributed by atoms with van der Waals surface area (Å²) < 4.78 is 11.0. The lowest BCUT2D eigenvalue weighted by Gasteiger charge is -2.07. The molecule has 1 heterocycles. The van der Waals surface area contributed by atoms with Gasteiger partial charge in [-0.1, -0.05) is 35.2 Å². The summed E-state index contributed by atoms with van der Waals surface area (Å²) in [7, 11) is 1.63. The second-order valence-corrected chi connectivity index (χ2v) is 6.78. The molecule has 0 saturated carbocycles. The van der Waals surface area contributed by atoms with Crippen LogP contribution in [0, 0.1) is 0 Å². The van der Waals surface area contributed by atoms with Crippen molar-refractivity contribution >= 4 is 39.9 Å². The predicted molar refractivity (Wildman–Crippen MR) is 92.8 cm³/mol. The highest BCUT2D eigenvalue weighted by Crippen LogP contribution is 2.31. The number of anilines is 2. The lowest BCUT2D eigenvalue weighted by molar-refractivity contribution is -0.143. The standard InChI is InChI=1S/C15H19N3O3S2/c1-3-21-13(19)9-6-10-22-15-18-17-14(23-15)16-11-7-4-5-8-12(11)20-2/h4-5,7-8H,3,6,9-10H2,1-2H3,(H,16,17). The monoisotopic (exact) mass is 353 g/mol. The Morgan fingerprint density at radius 3 is 2.96 bits per heavy atom. The molecule has 1 aromatic carbocycles. The highest BCUT2D eigenvalue weighted by Gasteiger charge is 2.08. The number of esters is 1. The largest absolute Gasteiger partial charge is 0.495 e. The van der Waals surface area contributed by atoms with Gasteiger partial charge in [-0.2, -0.15) is 0 Å². The van der Waals surface area contributed by atoms with Crippen molar-refractivity contribution in [2.24, 2.45) is 0 Å². The summed E-state index contributed by atoms with van der Waals surface area (Å²) in [6.45, 7) is 2.24. The van der Waals surface area contributed by atoms with Crippen LogP contribution in [0.15, 0.2) is 28.6 Å². The number of para-hydroxylation sites is 2. The summed E-state index contributed by atoms with van der Waals surface area (Å²) >= 11 is 3.06. The van der Waals surface area contributed by atoms with Crippen LogP contribution in [0.1, 0.15) is 19.8 Å². The topological polar surface area (TPSA) is 73.3 Å². The lowest BCUT2D eigenvalue weighted by Crippen LogP contribution is -2.03. The number of carbonyl (C=O) groups is 1. The highest BCUT2D eigenvalue weighted by molar-refractivity contribution is 8.01. The van der Waals surface area contributed by atoms with E-state index in [1.807, 2.05) is 31.2 Å². The highest BCUT2D eigenvalue weighted by atomic mass is 32.2. The molecule has 23 heavy (non-hydrogen) atoms. The quantitative estimate of drug-likeness (QED) is 0.418. The zero-order chi connectivity index (χ0) is 16.5. The van der Waals surface area contributed by atoms with Gasteiger partial charge in [-0.05, 0) is 25.5 Å². The molecule has 1 N–H and O–H groups in total. The van der Waals surface area contributed by atoms with E-state index >= 15 is 0 Å². The molecule has 1 aromatic heterocycles. The number of carbonyl (C=O) groups excluding carboxylic acids is 1. The fourth-order valence-corrected chi connectivity index (χ4v) is 3.56. The van der Waals surface area contributed by atoms with Crippen LogP contribution in [-0.4, -0.2) is 35.6 Å². The number of hydrogen-bond acceptors (Lipinski definition) is 8. The summed E-state index contributed by atoms with van der Waals surface area (Å²) in [5.74, 6) is 1.41. The van der Waals surface area contributed by atoms with Crippen LogP contribution in [0.4, 0.5) is 10.8 Å². The number of nitrogens with one attached hydrogen (secondary N) is 1. The average molecular weight is 353 g/mol. The second kappa shape index (κ2) is 9.36. The second-order valence-electron chi connectivity index (χ2n) is 4.46. The molecule has 0 aliphatic rings. The number of methoxy groups -OCH3 is 1. The molecule has 0 bridgehead atoms. The molecule has 6 nitrogen and oxygen atoms in total. The maximum absolute atomic E-state index is 11.2. The van der Waals surface area contributed by atoms with E-state index in [2.05, 4.69) is 15.5 Å². The first-order valence-electron chi connectivity index (χ1n) is 7.25. The Hall–Kier alpha value is -1.80. The Bertz CT molecular complexity index is 634. The molecule has 0 atom stereocenters. The molecular weight excluding hydrogens is 334 g/mol. The van der Waals surface area contributed by atoms with Crippen molar-refractivity contribution in [3.63, 3.8) is 0 Å². The first-order chi connectivity index (χ1) is 11.2. The van der Waals surface area contributed by atoms with Crippen molar-refractivity contribution in [3.8, 4) is 5.75 Å². The Morgan fingerprint density at radius 2 is 2.17 bits per heavy atom. The van der Waals surface area contributed by atoms with E-state index in [-0.39, 0.29) is 5.97 Å². The summed E-state index contributed by atoms with van der Waals surface area (Å²) in [5.41, 5.74) is 0.852. The maximum Gasteiger partial charge on any atom is 0.305 e. The van der Waals surface area contributed by atoms with Crippen molar-refractivity contribution in [3.05, 3.63) is 24.3 Å². The minimum atomic E-state index is -0.149. The molecule has 2 rings (SSSR count). The van der Waals surface area contributed by atoms with Gasteiger partial charge in [-0.3, -0.25) is 4.79 Å². The molecule has 0 fully saturated rings. The smallest absolute Gasteiger partial charge is 0.305 e. The predicted octanol–water partition coefficient (Wildman–Crippen LogP) is 3.73. The summed E-state index contributed by atoms with van der Waals surface area (Å²) in [5, 5.41) is 12.2. The van der Waals surface area contributed by atoms with Crippen molar-refractivity contribution < 1.29 is 14.3 Å². The first-order valence-corrected chi connectivity index (χ1v) is 9.05. The third kappa shape index (κ3) is 5.72. The number of aromatic nitrogens is 2. The van der Waals surface area contributed by atoms with Crippen LogP contribution in [0.3, 0.4) is 0 Å². The van der Waals surface area contributed by atoms with E-state index in [4.69, 9.17) is 9.47 Å². The van der Waals surface area contributed by atoms with E-state index in [1.165, 1.54) is 11.3 Å². The van der Waals surface area contributed by atoms with Gasteiger partial charge in [0.25, 0.3) is 0 Å². The minimum Gasteiger partial charge on any atom is -0.495 e. The summed E-state index contributed by atoms with van der Waals surface area (Å²) in [6.07, 6.45) is 1.20. The fourth-order valence-electron chi connectivity index (χ4n) is 1.79. The Kier molecular flexibility index (Phi) is 7.15. The van der Waals surface area contributed by atoms with Gasteiger partial charge in [0.15, 0.2) is 4.34 Å². The van der Waals surface area contributed by atoms with Crippen LogP contribution >= 0.6 is 23.1 Å². The molecular formula is C15H19N3O3S2. The minimum absolute atomic E-state index is 0.149. The van der Waals surface area contributed by atoms with Gasteiger partial charge in [-0.25, -0.2) is 0 Å². The molecule has 0 radical (unpaired) electrons. The molecule has 124 valence electrons. The number of benzene rings is 1. The van der Waals surface area contributed by atoms with Crippen LogP contribution in [0.25, 0.3) is 0 Å². The zero-order valence-corrected chi connectivity index (χ0v) is 14.7. The van der Waals surface area contributed by atoms with Crippen molar-refractivity contribution in [1.29, 1.82) is 0 Å². The Balaban J connectivity index is 1.80. The zero-order valence-electron chi connectivity index (χ0n) is 13.1. The van der Waals surface area contributed by atoms with Crippen LogP contribution in [0.2, 0.25) is 0 Å². The van der Waals surface area contributed by atoms with Gasteiger partial charge in [0.1, 0.15) is 5.75 Å². The van der Waals surface area contributed by atoms with Crippen molar-refractivity contribution in [2.45, 2.75) is 24.1 Å². The van der Waals surface area contributed by atoms with Gasteiger partial charge < -0.3 is 14.8 Å². The first kappa shape index (κ1) is 17.6. The van der Waals surface area contributed by atoms with Gasteiger partial charge in [0.2, 0.25) is 5.13 Å². The van der Waals surface area contributed by atoms with E-state index in [1.54, 1.807) is 18.9 Å². The Morgan fingerprint density at radius 1 is 1.35 bits per heavy atom. The molecule has 0 spiro atoms. The maximum atomic E-state index is 11.2. The number of rotatable bonds is 9. The molecule has 2 aromatic rings. The van der Waals surface area contributed by atoms with Crippen LogP contribution in [-0.2, 0) is 9.53 Å². The van der Waals surface area contributed by atoms with E-state index in [0.29, 0.717) is 18.2 Å². The molecule has 0 aliphatic carbocycles. The van der Waals surface area contributed by atoms with Gasteiger partial charge >= 0.3 is 5.97 Å². The molecule has 0 amide bonds. The van der Waals surface area contributed by atoms with Crippen molar-refractivity contribution in [1.82, 2.24) is 10.2 Å². The molecule has 0 saturated heterocycles. The summed E-state index contributed by atoms with van der Waals surface area (Å²) in [4.78, 5) is 11.2. The molecule has 0 aliphatic heterocycles. The number of ether oxygens (including phenoxy) is 2. The third-order valence-electron chi connectivity index (χ3n) is 2.81. The molecule has 0 unspecified atom stereocenters. The van der Waals surface area contributed by atoms with Crippen LogP contribution in [0.5, 0.6) is 5.75 Å². The number of nitrogens with zero attached hydrogens (tertiary/aromatic N) is 2. The normalized spacial score (nSPS) is 10.3. The average Bonchev–Trinajstić information content (AvgIpc) is 3.00. The van der Waals surface area contributed by atoms with E-state index in [9.17, 15) is 4.79 Å². The molecule has 8 heteroatoms. The lowest BCUT2D eigenvalue weighted by atomic mass is 10.3. The van der Waals surface area contributed by atoms with E-state index < -0.39 is 0 Å².